The van der Waals surface area contributed by atoms with Crippen LogP contribution in [0.5, 0.6) is 0 Å². The third-order valence-electron chi connectivity index (χ3n) is 6.57. The summed E-state index contributed by atoms with van der Waals surface area (Å²) < 4.78 is 13.8. The molecule has 3 rings (SSSR count). The SMILES string of the molecule is CCCCN(Cc1ccc(C#Cc2ccccc2)cc1)c1ccc(F)c(C(=O)[O-])c1.C[NH2+]C[C@H](O)[C@@H](O)[C@H](O)[C@H](O)CO. The van der Waals surface area contributed by atoms with Gasteiger partial charge in [-0.2, -0.15) is 0 Å². The molecule has 9 nitrogen and oxygen atoms in total. The lowest BCUT2D eigenvalue weighted by Gasteiger charge is -2.26. The largest absolute Gasteiger partial charge is 0.545 e. The number of carboxylic acid groups (broad SMARTS) is 1. The number of halogens is 1. The van der Waals surface area contributed by atoms with Crippen molar-refractivity contribution in [3.63, 3.8) is 0 Å². The summed E-state index contributed by atoms with van der Waals surface area (Å²) in [7, 11) is 1.70. The van der Waals surface area contributed by atoms with E-state index in [4.69, 9.17) is 15.3 Å². The number of likely N-dealkylation sites (N-methyl/N-ethyl adjacent to an activating group) is 1. The quantitative estimate of drug-likeness (QED) is 0.151. The van der Waals surface area contributed by atoms with E-state index >= 15 is 0 Å². The van der Waals surface area contributed by atoms with Gasteiger partial charge in [-0.15, -0.1) is 0 Å². The van der Waals surface area contributed by atoms with Gasteiger partial charge >= 0.3 is 0 Å². The Bertz CT molecular complexity index is 1310. The first-order valence-corrected chi connectivity index (χ1v) is 14.1. The lowest BCUT2D eigenvalue weighted by molar-refractivity contribution is -0.635. The van der Waals surface area contributed by atoms with Crippen LogP contribution < -0.4 is 15.3 Å². The molecule has 0 bridgehead atoms. The molecule has 10 heteroatoms. The summed E-state index contributed by atoms with van der Waals surface area (Å²) in [6.07, 6.45) is -3.58. The van der Waals surface area contributed by atoms with Gasteiger partial charge in [0.1, 0.15) is 36.8 Å². The molecule has 0 unspecified atom stereocenters. The fraction of sp³-hybridized carbons (Fsp3) is 0.364. The van der Waals surface area contributed by atoms with E-state index in [0.717, 1.165) is 36.1 Å². The van der Waals surface area contributed by atoms with E-state index in [1.54, 1.807) is 18.4 Å². The summed E-state index contributed by atoms with van der Waals surface area (Å²) in [4.78, 5) is 13.2. The molecular weight excluding hydrogens is 555 g/mol. The molecule has 0 aliphatic heterocycles. The standard InChI is InChI=1S/C26H24FNO2.C7H17NO5/c1-2-3-17-28(23-15-16-25(27)24(18-23)26(29)30)19-22-13-11-21(12-14-22)10-9-20-7-5-4-6-8-20;1-8-2-4(10)6(12)7(13)5(11)3-9/h4-8,11-16,18H,2-3,17,19H2,1H3,(H,29,30);4-13H,2-3H2,1H3/t;4-,5+,6+,7+/m.0/s1. The molecule has 0 saturated heterocycles. The van der Waals surface area contributed by atoms with E-state index in [1.807, 2.05) is 54.6 Å². The first kappa shape index (κ1) is 35.4. The predicted octanol–water partition coefficient (Wildman–Crippen LogP) is 0.0112. The van der Waals surface area contributed by atoms with Crippen molar-refractivity contribution in [1.29, 1.82) is 0 Å². The number of hydrogen-bond donors (Lipinski definition) is 6. The van der Waals surface area contributed by atoms with E-state index in [0.29, 0.717) is 12.2 Å². The number of rotatable bonds is 13. The average molecular weight is 597 g/mol. The molecule has 3 aromatic rings. The van der Waals surface area contributed by atoms with Crippen LogP contribution in [0.1, 0.15) is 46.8 Å². The number of carbonyl (C=O) groups is 1. The Labute approximate surface area is 251 Å². The molecule has 0 heterocycles. The molecule has 0 saturated carbocycles. The van der Waals surface area contributed by atoms with Gasteiger partial charge in [-0.3, -0.25) is 0 Å². The number of nitrogens with two attached hydrogens (primary N) is 1. The van der Waals surface area contributed by atoms with Gasteiger partial charge < -0.3 is 45.7 Å². The van der Waals surface area contributed by atoms with Crippen molar-refractivity contribution in [1.82, 2.24) is 0 Å². The summed E-state index contributed by atoms with van der Waals surface area (Å²) in [5.74, 6) is 4.01. The van der Waals surface area contributed by atoms with Gasteiger partial charge in [0.05, 0.1) is 19.6 Å². The number of anilines is 1. The minimum Gasteiger partial charge on any atom is -0.545 e. The Morgan fingerprint density at radius 3 is 2.09 bits per heavy atom. The van der Waals surface area contributed by atoms with E-state index in [2.05, 4.69) is 23.7 Å². The van der Waals surface area contributed by atoms with Crippen LogP contribution >= 0.6 is 0 Å². The van der Waals surface area contributed by atoms with Crippen LogP contribution in [0, 0.1) is 17.7 Å². The van der Waals surface area contributed by atoms with E-state index < -0.39 is 48.4 Å². The second-order valence-electron chi connectivity index (χ2n) is 9.98. The molecule has 0 radical (unpaired) electrons. The van der Waals surface area contributed by atoms with Crippen molar-refractivity contribution in [2.75, 3.05) is 31.6 Å². The Morgan fingerprint density at radius 1 is 0.930 bits per heavy atom. The normalized spacial score (nSPS) is 13.4. The Kier molecular flexibility index (Phi) is 15.4. The zero-order valence-electron chi connectivity index (χ0n) is 24.4. The maximum absolute atomic E-state index is 13.8. The molecule has 0 aliphatic rings. The second-order valence-corrected chi connectivity index (χ2v) is 9.98. The number of aliphatic hydroxyl groups is 5. The monoisotopic (exact) mass is 596 g/mol. The number of unbranched alkanes of at least 4 members (excludes halogenated alkanes) is 1. The van der Waals surface area contributed by atoms with Gasteiger partial charge in [0.2, 0.25) is 0 Å². The number of carboxylic acids is 1. The molecule has 0 spiro atoms. The molecule has 3 aromatic carbocycles. The van der Waals surface area contributed by atoms with Crippen molar-refractivity contribution in [2.24, 2.45) is 0 Å². The molecule has 0 aliphatic carbocycles. The molecule has 4 atom stereocenters. The van der Waals surface area contributed by atoms with Crippen LogP contribution in [0.3, 0.4) is 0 Å². The number of quaternary nitrogens is 1. The van der Waals surface area contributed by atoms with Gasteiger partial charge in [0.15, 0.2) is 0 Å². The Morgan fingerprint density at radius 2 is 1.53 bits per heavy atom. The minimum absolute atomic E-state index is 0.219. The van der Waals surface area contributed by atoms with Gasteiger partial charge in [-0.05, 0) is 54.4 Å². The van der Waals surface area contributed by atoms with Crippen LogP contribution in [-0.2, 0) is 6.54 Å². The first-order chi connectivity index (χ1) is 20.6. The number of nitrogens with zero attached hydrogens (tertiary/aromatic N) is 1. The summed E-state index contributed by atoms with van der Waals surface area (Å²) >= 11 is 0. The van der Waals surface area contributed by atoms with Crippen molar-refractivity contribution in [2.45, 2.75) is 50.7 Å². The van der Waals surface area contributed by atoms with Gasteiger partial charge in [-0.25, -0.2) is 4.39 Å². The second kappa shape index (κ2) is 18.7. The van der Waals surface area contributed by atoms with E-state index in [1.165, 1.54) is 12.1 Å². The summed E-state index contributed by atoms with van der Waals surface area (Å²) in [6, 6.07) is 21.9. The maximum atomic E-state index is 13.8. The molecular formula is C33H41FN2O7. The fourth-order valence-corrected chi connectivity index (χ4v) is 4.04. The first-order valence-electron chi connectivity index (χ1n) is 14.1. The lowest BCUT2D eigenvalue weighted by Crippen LogP contribution is -2.83. The highest BCUT2D eigenvalue weighted by Crippen LogP contribution is 2.22. The van der Waals surface area contributed by atoms with Crippen LogP contribution in [-0.4, -0.2) is 82.7 Å². The van der Waals surface area contributed by atoms with Crippen LogP contribution in [0.15, 0.2) is 72.8 Å². The number of aromatic carboxylic acids is 1. The highest BCUT2D eigenvalue weighted by molar-refractivity contribution is 5.87. The van der Waals surface area contributed by atoms with Crippen LogP contribution in [0.4, 0.5) is 10.1 Å². The number of aliphatic hydroxyl groups excluding tert-OH is 5. The molecule has 0 fully saturated rings. The summed E-state index contributed by atoms with van der Waals surface area (Å²) in [6.45, 7) is 2.99. The van der Waals surface area contributed by atoms with Crippen molar-refractivity contribution < 1.29 is 45.1 Å². The predicted molar refractivity (Wildman–Crippen MR) is 159 cm³/mol. The molecule has 7 N–H and O–H groups in total. The van der Waals surface area contributed by atoms with Gasteiger partial charge in [0.25, 0.3) is 0 Å². The Hall–Kier alpha value is -3.82. The lowest BCUT2D eigenvalue weighted by atomic mass is 10.0. The van der Waals surface area contributed by atoms with Crippen LogP contribution in [0.2, 0.25) is 0 Å². The minimum atomic E-state index is -1.53. The molecule has 0 amide bonds. The van der Waals surface area contributed by atoms with Crippen molar-refractivity contribution in [3.8, 4) is 11.8 Å². The van der Waals surface area contributed by atoms with Gasteiger partial charge in [-0.1, -0.05) is 55.5 Å². The summed E-state index contributed by atoms with van der Waals surface area (Å²) in [5, 5.41) is 57.8. The number of carbonyl (C=O) groups excluding carboxylic acids is 1. The topological polar surface area (TPSA) is 161 Å². The maximum Gasteiger partial charge on any atom is 0.132 e. The average Bonchev–Trinajstić information content (AvgIpc) is 3.02. The van der Waals surface area contributed by atoms with E-state index in [-0.39, 0.29) is 6.54 Å². The number of benzene rings is 3. The number of hydrogen-bond acceptors (Lipinski definition) is 8. The highest BCUT2D eigenvalue weighted by Gasteiger charge is 2.30. The van der Waals surface area contributed by atoms with Crippen molar-refractivity contribution in [3.05, 3.63) is 101 Å². The third-order valence-corrected chi connectivity index (χ3v) is 6.57. The van der Waals surface area contributed by atoms with Crippen LogP contribution in [0.25, 0.3) is 0 Å². The molecule has 43 heavy (non-hydrogen) atoms. The van der Waals surface area contributed by atoms with Gasteiger partial charge in [0, 0.05) is 35.5 Å². The smallest absolute Gasteiger partial charge is 0.132 e. The zero-order valence-corrected chi connectivity index (χ0v) is 24.4. The summed E-state index contributed by atoms with van der Waals surface area (Å²) in [5.41, 5.74) is 3.20. The van der Waals surface area contributed by atoms with Crippen molar-refractivity contribution >= 4 is 11.7 Å². The van der Waals surface area contributed by atoms with E-state index in [9.17, 15) is 24.5 Å². The third kappa shape index (κ3) is 11.8. The highest BCUT2D eigenvalue weighted by atomic mass is 19.1. The molecule has 0 aromatic heterocycles. The molecule has 232 valence electrons. The zero-order chi connectivity index (χ0) is 31.8. The Balaban J connectivity index is 0.000000420. The fourth-order valence-electron chi connectivity index (χ4n) is 4.04.